The highest BCUT2D eigenvalue weighted by Gasteiger charge is 2.18. The van der Waals surface area contributed by atoms with Gasteiger partial charge in [0.2, 0.25) is 0 Å². The molecule has 0 heterocycles. The van der Waals surface area contributed by atoms with Gasteiger partial charge >= 0.3 is 6.09 Å². The van der Waals surface area contributed by atoms with Crippen LogP contribution in [0.15, 0.2) is 18.2 Å². The number of ether oxygens (including phenoxy) is 1. The maximum absolute atomic E-state index is 12.0. The van der Waals surface area contributed by atoms with Crippen LogP contribution in [0, 0.1) is 10.1 Å². The van der Waals surface area contributed by atoms with Crippen LogP contribution in [0.1, 0.15) is 31.1 Å². The Bertz CT molecular complexity index is 652. The number of hydrogen-bond donors (Lipinski definition) is 2. The third-order valence-corrected chi connectivity index (χ3v) is 2.96. The molecule has 1 rings (SSSR count). The van der Waals surface area contributed by atoms with Gasteiger partial charge in [0, 0.05) is 38.8 Å². The molecule has 2 N–H and O–H groups in total. The lowest BCUT2D eigenvalue weighted by Gasteiger charge is -2.19. The van der Waals surface area contributed by atoms with Crippen molar-refractivity contribution < 1.29 is 19.2 Å². The molecule has 2 amide bonds. The van der Waals surface area contributed by atoms with E-state index in [0.29, 0.717) is 5.56 Å². The molecule has 9 heteroatoms. The number of amides is 2. The van der Waals surface area contributed by atoms with Crippen LogP contribution >= 0.6 is 0 Å². The second kappa shape index (κ2) is 8.32. The number of rotatable bonds is 6. The summed E-state index contributed by atoms with van der Waals surface area (Å²) in [5.41, 5.74) is -0.202. The molecule has 0 saturated heterocycles. The van der Waals surface area contributed by atoms with Gasteiger partial charge in [-0.15, -0.1) is 0 Å². The first-order valence-corrected chi connectivity index (χ1v) is 7.72. The van der Waals surface area contributed by atoms with Crippen LogP contribution in [0.5, 0.6) is 0 Å². The summed E-state index contributed by atoms with van der Waals surface area (Å²) in [5, 5.41) is 16.5. The van der Waals surface area contributed by atoms with Crippen LogP contribution in [0.3, 0.4) is 0 Å². The van der Waals surface area contributed by atoms with Crippen molar-refractivity contribution in [2.45, 2.75) is 26.4 Å². The standard InChI is InChI=1S/C16H24N4O5/c1-16(2,3)25-15(22)18-9-8-17-12-10-11(14(21)19(4)5)6-7-13(12)20(23)24/h6-7,10,17H,8-9H2,1-5H3,(H,18,22). The van der Waals surface area contributed by atoms with Crippen molar-refractivity contribution in [1.82, 2.24) is 10.2 Å². The fraction of sp³-hybridized carbons (Fsp3) is 0.500. The molecular formula is C16H24N4O5. The minimum Gasteiger partial charge on any atom is -0.444 e. The smallest absolute Gasteiger partial charge is 0.407 e. The van der Waals surface area contributed by atoms with Gasteiger partial charge in [-0.3, -0.25) is 14.9 Å². The Labute approximate surface area is 146 Å². The van der Waals surface area contributed by atoms with Gasteiger partial charge < -0.3 is 20.3 Å². The molecule has 1 aromatic carbocycles. The average Bonchev–Trinajstić information content (AvgIpc) is 2.48. The molecular weight excluding hydrogens is 328 g/mol. The van der Waals surface area contributed by atoms with Gasteiger partial charge in [0.15, 0.2) is 0 Å². The predicted octanol–water partition coefficient (Wildman–Crippen LogP) is 2.23. The summed E-state index contributed by atoms with van der Waals surface area (Å²) in [7, 11) is 3.20. The lowest BCUT2D eigenvalue weighted by Crippen LogP contribution is -2.35. The number of nitro benzene ring substituents is 1. The number of benzene rings is 1. The minimum atomic E-state index is -0.600. The minimum absolute atomic E-state index is 0.146. The van der Waals surface area contributed by atoms with Crippen molar-refractivity contribution >= 4 is 23.4 Å². The first-order chi connectivity index (χ1) is 11.5. The Morgan fingerprint density at radius 2 is 1.88 bits per heavy atom. The van der Waals surface area contributed by atoms with E-state index in [1.165, 1.54) is 23.1 Å². The number of nitro groups is 1. The molecule has 0 aliphatic rings. The molecule has 0 fully saturated rings. The summed E-state index contributed by atoms with van der Waals surface area (Å²) in [4.78, 5) is 35.5. The zero-order valence-electron chi connectivity index (χ0n) is 15.1. The Hall–Kier alpha value is -2.84. The zero-order chi connectivity index (χ0) is 19.2. The van der Waals surface area contributed by atoms with E-state index in [-0.39, 0.29) is 30.4 Å². The van der Waals surface area contributed by atoms with Gasteiger partial charge in [0.05, 0.1) is 4.92 Å². The maximum Gasteiger partial charge on any atom is 0.407 e. The number of hydrogen-bond acceptors (Lipinski definition) is 6. The van der Waals surface area contributed by atoms with E-state index in [9.17, 15) is 19.7 Å². The first-order valence-electron chi connectivity index (χ1n) is 7.72. The molecule has 0 spiro atoms. The quantitative estimate of drug-likeness (QED) is 0.461. The van der Waals surface area contributed by atoms with Crippen LogP contribution in [-0.4, -0.2) is 54.6 Å². The Morgan fingerprint density at radius 3 is 2.40 bits per heavy atom. The summed E-state index contributed by atoms with van der Waals surface area (Å²) >= 11 is 0. The molecule has 0 saturated carbocycles. The van der Waals surface area contributed by atoms with Crippen LogP contribution < -0.4 is 10.6 Å². The van der Waals surface area contributed by atoms with Gasteiger partial charge in [0.25, 0.3) is 11.6 Å². The summed E-state index contributed by atoms with van der Waals surface area (Å²) in [6.45, 7) is 5.70. The van der Waals surface area contributed by atoms with E-state index in [1.54, 1.807) is 34.9 Å². The Balaban J connectivity index is 2.73. The van der Waals surface area contributed by atoms with Crippen molar-refractivity contribution in [3.05, 3.63) is 33.9 Å². The molecule has 138 valence electrons. The molecule has 25 heavy (non-hydrogen) atoms. The second-order valence-electron chi connectivity index (χ2n) is 6.54. The van der Waals surface area contributed by atoms with E-state index in [0.717, 1.165) is 0 Å². The molecule has 9 nitrogen and oxygen atoms in total. The molecule has 0 radical (unpaired) electrons. The van der Waals surface area contributed by atoms with Gasteiger partial charge in [-0.1, -0.05) is 0 Å². The predicted molar refractivity (Wildman–Crippen MR) is 93.8 cm³/mol. The van der Waals surface area contributed by atoms with Gasteiger partial charge in [-0.25, -0.2) is 4.79 Å². The fourth-order valence-corrected chi connectivity index (χ4v) is 1.90. The highest BCUT2D eigenvalue weighted by molar-refractivity contribution is 5.95. The fourth-order valence-electron chi connectivity index (χ4n) is 1.90. The van der Waals surface area contributed by atoms with Crippen molar-refractivity contribution in [3.63, 3.8) is 0 Å². The highest BCUT2D eigenvalue weighted by Crippen LogP contribution is 2.25. The van der Waals surface area contributed by atoms with E-state index in [4.69, 9.17) is 4.74 Å². The van der Waals surface area contributed by atoms with Crippen LogP contribution in [0.4, 0.5) is 16.2 Å². The molecule has 0 atom stereocenters. The lowest BCUT2D eigenvalue weighted by atomic mass is 10.1. The van der Waals surface area contributed by atoms with Gasteiger partial charge in [0.1, 0.15) is 11.3 Å². The third-order valence-electron chi connectivity index (χ3n) is 2.96. The van der Waals surface area contributed by atoms with Crippen molar-refractivity contribution in [2.75, 3.05) is 32.5 Å². The largest absolute Gasteiger partial charge is 0.444 e. The molecule has 0 unspecified atom stereocenters. The first kappa shape index (κ1) is 20.2. The number of anilines is 1. The molecule has 0 aliphatic heterocycles. The maximum atomic E-state index is 12.0. The Morgan fingerprint density at radius 1 is 1.24 bits per heavy atom. The van der Waals surface area contributed by atoms with E-state index in [2.05, 4.69) is 10.6 Å². The number of alkyl carbamates (subject to hydrolysis) is 1. The zero-order valence-corrected chi connectivity index (χ0v) is 15.1. The molecule has 1 aromatic rings. The lowest BCUT2D eigenvalue weighted by molar-refractivity contribution is -0.384. The molecule has 0 aromatic heterocycles. The van der Waals surface area contributed by atoms with E-state index in [1.807, 2.05) is 0 Å². The third kappa shape index (κ3) is 6.66. The average molecular weight is 352 g/mol. The van der Waals surface area contributed by atoms with Crippen molar-refractivity contribution in [1.29, 1.82) is 0 Å². The molecule has 0 bridgehead atoms. The van der Waals surface area contributed by atoms with Crippen LogP contribution in [0.25, 0.3) is 0 Å². The highest BCUT2D eigenvalue weighted by atomic mass is 16.6. The van der Waals surface area contributed by atoms with Crippen LogP contribution in [-0.2, 0) is 4.74 Å². The van der Waals surface area contributed by atoms with Gasteiger partial charge in [-0.2, -0.15) is 0 Å². The van der Waals surface area contributed by atoms with Gasteiger partial charge in [-0.05, 0) is 32.9 Å². The monoisotopic (exact) mass is 352 g/mol. The summed E-state index contributed by atoms with van der Waals surface area (Å²) in [6, 6.07) is 4.11. The normalized spacial score (nSPS) is 10.8. The SMILES string of the molecule is CN(C)C(=O)c1ccc([N+](=O)[O-])c(NCCNC(=O)OC(C)(C)C)c1. The number of carbonyl (C=O) groups excluding carboxylic acids is 2. The number of carbonyl (C=O) groups is 2. The summed E-state index contributed by atoms with van der Waals surface area (Å²) < 4.78 is 5.09. The van der Waals surface area contributed by atoms with Crippen molar-refractivity contribution in [3.8, 4) is 0 Å². The molecule has 0 aliphatic carbocycles. The van der Waals surface area contributed by atoms with Crippen molar-refractivity contribution in [2.24, 2.45) is 0 Å². The van der Waals surface area contributed by atoms with E-state index < -0.39 is 16.6 Å². The topological polar surface area (TPSA) is 114 Å². The summed E-state index contributed by atoms with van der Waals surface area (Å²) in [6.07, 6.45) is -0.569. The van der Waals surface area contributed by atoms with E-state index >= 15 is 0 Å². The Kier molecular flexibility index (Phi) is 6.72. The number of nitrogens with zero attached hydrogens (tertiary/aromatic N) is 2. The van der Waals surface area contributed by atoms with Crippen LogP contribution in [0.2, 0.25) is 0 Å². The number of nitrogens with one attached hydrogen (secondary N) is 2. The summed E-state index contributed by atoms with van der Waals surface area (Å²) in [5.74, 6) is -0.259. The second-order valence-corrected chi connectivity index (χ2v) is 6.54.